The van der Waals surface area contributed by atoms with Gasteiger partial charge in [0.25, 0.3) is 0 Å². The largest absolute Gasteiger partial charge is 0.343 e. The van der Waals surface area contributed by atoms with E-state index in [1.165, 1.54) is 6.42 Å². The fraction of sp³-hybridized carbons (Fsp3) is 1.00. The van der Waals surface area contributed by atoms with E-state index in [9.17, 15) is 0 Å². The molecule has 0 aliphatic carbocycles. The Labute approximate surface area is 74.2 Å². The maximum absolute atomic E-state index is 5.89. The Morgan fingerprint density at radius 1 is 1.17 bits per heavy atom. The molecule has 2 aliphatic rings. The van der Waals surface area contributed by atoms with Crippen LogP contribution in [0, 0.1) is 5.92 Å². The topological polar surface area (TPSA) is 18.5 Å². The van der Waals surface area contributed by atoms with Crippen LogP contribution in [0.2, 0.25) is 0 Å². The SMILES string of the molecule is C[C@H]1CC[C@@]2(C)O[C@@H]1OC2(C)C. The molecule has 0 radical (unpaired) electrons. The smallest absolute Gasteiger partial charge is 0.161 e. The molecule has 0 aromatic carbocycles. The van der Waals surface area contributed by atoms with E-state index in [2.05, 4.69) is 27.7 Å². The minimum Gasteiger partial charge on any atom is -0.343 e. The first-order valence-corrected chi connectivity index (χ1v) is 4.80. The Balaban J connectivity index is 2.27. The molecule has 2 saturated heterocycles. The van der Waals surface area contributed by atoms with Crippen LogP contribution >= 0.6 is 0 Å². The van der Waals surface area contributed by atoms with Crippen LogP contribution in [-0.4, -0.2) is 17.5 Å². The summed E-state index contributed by atoms with van der Waals surface area (Å²) in [6.45, 7) is 8.63. The van der Waals surface area contributed by atoms with Crippen LogP contribution in [-0.2, 0) is 9.47 Å². The highest BCUT2D eigenvalue weighted by atomic mass is 16.7. The molecule has 2 nitrogen and oxygen atoms in total. The third-order valence-corrected chi connectivity index (χ3v) is 3.60. The molecule has 2 aliphatic heterocycles. The van der Waals surface area contributed by atoms with Crippen molar-refractivity contribution in [3.8, 4) is 0 Å². The summed E-state index contributed by atoms with van der Waals surface area (Å²) in [5.74, 6) is 0.555. The van der Waals surface area contributed by atoms with Gasteiger partial charge in [-0.3, -0.25) is 0 Å². The molecule has 0 amide bonds. The van der Waals surface area contributed by atoms with Crippen LogP contribution in [0.5, 0.6) is 0 Å². The molecule has 2 bridgehead atoms. The van der Waals surface area contributed by atoms with E-state index in [1.807, 2.05) is 0 Å². The predicted octanol–water partition coefficient (Wildman–Crippen LogP) is 2.33. The van der Waals surface area contributed by atoms with E-state index in [4.69, 9.17) is 9.47 Å². The number of fused-ring (bicyclic) bond motifs is 2. The maximum Gasteiger partial charge on any atom is 0.161 e. The molecule has 12 heavy (non-hydrogen) atoms. The second-order valence-corrected chi connectivity index (χ2v) is 4.86. The number of hydrogen-bond donors (Lipinski definition) is 0. The lowest BCUT2D eigenvalue weighted by atomic mass is 9.82. The molecule has 0 saturated carbocycles. The quantitative estimate of drug-likeness (QED) is 0.555. The fourth-order valence-corrected chi connectivity index (χ4v) is 2.07. The van der Waals surface area contributed by atoms with Gasteiger partial charge in [0, 0.05) is 5.92 Å². The van der Waals surface area contributed by atoms with Crippen molar-refractivity contribution < 1.29 is 9.47 Å². The second-order valence-electron chi connectivity index (χ2n) is 4.86. The summed E-state index contributed by atoms with van der Waals surface area (Å²) < 4.78 is 11.8. The van der Waals surface area contributed by atoms with E-state index >= 15 is 0 Å². The van der Waals surface area contributed by atoms with E-state index < -0.39 is 0 Å². The minimum absolute atomic E-state index is 0.0405. The van der Waals surface area contributed by atoms with Gasteiger partial charge in [0.05, 0.1) is 11.2 Å². The molecule has 0 aromatic rings. The van der Waals surface area contributed by atoms with Gasteiger partial charge in [0.2, 0.25) is 0 Å². The lowest BCUT2D eigenvalue weighted by Gasteiger charge is -2.36. The third kappa shape index (κ3) is 0.944. The van der Waals surface area contributed by atoms with Crippen molar-refractivity contribution in [2.45, 2.75) is 58.0 Å². The highest BCUT2D eigenvalue weighted by Crippen LogP contribution is 2.48. The highest BCUT2D eigenvalue weighted by Gasteiger charge is 2.56. The molecule has 2 heterocycles. The summed E-state index contributed by atoms with van der Waals surface area (Å²) in [6, 6.07) is 0. The summed E-state index contributed by atoms with van der Waals surface area (Å²) in [5, 5.41) is 0. The first-order chi connectivity index (χ1) is 5.45. The minimum atomic E-state index is -0.109. The number of ether oxygens (including phenoxy) is 2. The molecule has 0 N–H and O–H groups in total. The molecule has 0 spiro atoms. The maximum atomic E-state index is 5.89. The summed E-state index contributed by atoms with van der Waals surface area (Å²) in [4.78, 5) is 0. The van der Waals surface area contributed by atoms with E-state index in [0.29, 0.717) is 5.92 Å². The van der Waals surface area contributed by atoms with Crippen LogP contribution in [0.3, 0.4) is 0 Å². The normalized spacial score (nSPS) is 51.0. The van der Waals surface area contributed by atoms with Crippen molar-refractivity contribution in [3.63, 3.8) is 0 Å². The monoisotopic (exact) mass is 170 g/mol. The van der Waals surface area contributed by atoms with E-state index in [-0.39, 0.29) is 17.5 Å². The molecule has 0 aromatic heterocycles. The fourth-order valence-electron chi connectivity index (χ4n) is 2.07. The van der Waals surface area contributed by atoms with Gasteiger partial charge in [-0.2, -0.15) is 0 Å². The summed E-state index contributed by atoms with van der Waals surface area (Å²) in [6.07, 6.45) is 2.39. The van der Waals surface area contributed by atoms with Crippen molar-refractivity contribution in [2.24, 2.45) is 5.92 Å². The molecule has 2 rings (SSSR count). The van der Waals surface area contributed by atoms with Gasteiger partial charge in [0.15, 0.2) is 6.29 Å². The first-order valence-electron chi connectivity index (χ1n) is 4.80. The molecular weight excluding hydrogens is 152 g/mol. The Morgan fingerprint density at radius 2 is 1.83 bits per heavy atom. The molecular formula is C10H18O2. The van der Waals surface area contributed by atoms with Gasteiger partial charge in [-0.1, -0.05) is 6.92 Å². The summed E-state index contributed by atoms with van der Waals surface area (Å²) in [5.41, 5.74) is -0.160. The Kier molecular flexibility index (Phi) is 1.59. The molecule has 70 valence electrons. The van der Waals surface area contributed by atoms with Gasteiger partial charge in [-0.05, 0) is 33.6 Å². The van der Waals surface area contributed by atoms with Gasteiger partial charge in [-0.15, -0.1) is 0 Å². The molecule has 0 unspecified atom stereocenters. The Bertz CT molecular complexity index is 198. The molecule has 3 atom stereocenters. The zero-order valence-corrected chi connectivity index (χ0v) is 8.39. The first kappa shape index (κ1) is 8.52. The average molecular weight is 170 g/mol. The van der Waals surface area contributed by atoms with Gasteiger partial charge in [-0.25, -0.2) is 0 Å². The Hall–Kier alpha value is -0.0800. The number of hydrogen-bond acceptors (Lipinski definition) is 2. The van der Waals surface area contributed by atoms with Gasteiger partial charge >= 0.3 is 0 Å². The van der Waals surface area contributed by atoms with Crippen LogP contribution in [0.15, 0.2) is 0 Å². The zero-order chi connectivity index (χ0) is 8.98. The van der Waals surface area contributed by atoms with Crippen molar-refractivity contribution in [1.82, 2.24) is 0 Å². The number of rotatable bonds is 0. The molecule has 2 heteroatoms. The van der Waals surface area contributed by atoms with Crippen LogP contribution < -0.4 is 0 Å². The van der Waals surface area contributed by atoms with E-state index in [0.717, 1.165) is 6.42 Å². The lowest BCUT2D eigenvalue weighted by molar-refractivity contribution is -0.144. The lowest BCUT2D eigenvalue weighted by Crippen LogP contribution is -2.45. The third-order valence-electron chi connectivity index (χ3n) is 3.60. The standard InChI is InChI=1S/C10H18O2/c1-7-5-6-10(4)9(2,3)11-8(7)12-10/h7-8H,5-6H2,1-4H3/t7-,8-,10+/m0/s1. The van der Waals surface area contributed by atoms with Gasteiger partial charge < -0.3 is 9.47 Å². The van der Waals surface area contributed by atoms with Crippen LogP contribution in [0.25, 0.3) is 0 Å². The van der Waals surface area contributed by atoms with Crippen LogP contribution in [0.1, 0.15) is 40.5 Å². The van der Waals surface area contributed by atoms with Gasteiger partial charge in [0.1, 0.15) is 0 Å². The van der Waals surface area contributed by atoms with Crippen LogP contribution in [0.4, 0.5) is 0 Å². The van der Waals surface area contributed by atoms with Crippen molar-refractivity contribution >= 4 is 0 Å². The zero-order valence-electron chi connectivity index (χ0n) is 8.39. The van der Waals surface area contributed by atoms with Crippen molar-refractivity contribution in [3.05, 3.63) is 0 Å². The highest BCUT2D eigenvalue weighted by molar-refractivity contribution is 5.01. The predicted molar refractivity (Wildman–Crippen MR) is 46.8 cm³/mol. The Morgan fingerprint density at radius 3 is 2.42 bits per heavy atom. The van der Waals surface area contributed by atoms with Crippen molar-refractivity contribution in [2.75, 3.05) is 0 Å². The summed E-state index contributed by atoms with van der Waals surface area (Å²) >= 11 is 0. The average Bonchev–Trinajstić information content (AvgIpc) is 2.14. The molecule has 2 fully saturated rings. The van der Waals surface area contributed by atoms with Crippen molar-refractivity contribution in [1.29, 1.82) is 0 Å². The van der Waals surface area contributed by atoms with E-state index in [1.54, 1.807) is 0 Å². The summed E-state index contributed by atoms with van der Waals surface area (Å²) in [7, 11) is 0. The second kappa shape index (κ2) is 2.24.